The number of rotatable bonds is 8. The topological polar surface area (TPSA) is 91.7 Å². The quantitative estimate of drug-likeness (QED) is 0.207. The van der Waals surface area contributed by atoms with E-state index in [-0.39, 0.29) is 29.1 Å². The Kier molecular flexibility index (Phi) is 8.74. The van der Waals surface area contributed by atoms with Crippen molar-refractivity contribution in [3.8, 4) is 0 Å². The molecule has 12 heteroatoms. The zero-order chi connectivity index (χ0) is 31.1. The van der Waals surface area contributed by atoms with Crippen LogP contribution in [-0.2, 0) is 20.9 Å². The van der Waals surface area contributed by atoms with E-state index >= 15 is 0 Å². The molecule has 4 aromatic rings. The second-order valence-corrected chi connectivity index (χ2v) is 13.9. The Balaban J connectivity index is 1.41. The molecule has 6 rings (SSSR count). The van der Waals surface area contributed by atoms with E-state index in [2.05, 4.69) is 40.0 Å². The van der Waals surface area contributed by atoms with Crippen LogP contribution >= 0.6 is 50.6 Å². The van der Waals surface area contributed by atoms with Gasteiger partial charge in [-0.1, -0.05) is 62.8 Å². The molecule has 3 atom stereocenters. The van der Waals surface area contributed by atoms with Crippen molar-refractivity contribution in [3.05, 3.63) is 102 Å². The summed E-state index contributed by atoms with van der Waals surface area (Å²) >= 11 is 11.6. The Bertz CT molecular complexity index is 1790. The van der Waals surface area contributed by atoms with Gasteiger partial charge in [0.25, 0.3) is 0 Å². The van der Waals surface area contributed by atoms with E-state index in [0.29, 0.717) is 26.3 Å². The van der Waals surface area contributed by atoms with Crippen LogP contribution in [0.25, 0.3) is 0 Å². The summed E-state index contributed by atoms with van der Waals surface area (Å²) in [6.07, 6.45) is 0. The smallest absolute Gasteiger partial charge is 0.308 e. The van der Waals surface area contributed by atoms with Crippen molar-refractivity contribution in [2.24, 2.45) is 5.92 Å². The molecule has 2 aliphatic rings. The summed E-state index contributed by atoms with van der Waals surface area (Å²) in [6, 6.07) is 21.8. The standard InChI is InChI=1S/C32H28BrClN4O4S2/c1-3-36(4-2)22-13-5-18(6-14-22)25-26-27(30(41)38(29(26)40)23-15-7-19(33)8-16-23)43-31-28(25)44-32(42)37(31)17-24(39)35-21-11-9-20(34)10-12-21/h5-16,25-27H,3-4,17H2,1-2H3,(H,35,39)/t25-,26-,27+/m0/s1. The number of benzene rings is 3. The number of thioether (sulfide) groups is 1. The number of hydrogen-bond donors (Lipinski definition) is 1. The molecule has 3 amide bonds. The number of carbonyl (C=O) groups is 3. The molecule has 44 heavy (non-hydrogen) atoms. The highest BCUT2D eigenvalue weighted by atomic mass is 79.9. The number of nitrogens with zero attached hydrogens (tertiary/aromatic N) is 3. The summed E-state index contributed by atoms with van der Waals surface area (Å²) < 4.78 is 2.25. The molecule has 0 bridgehead atoms. The van der Waals surface area contributed by atoms with Crippen molar-refractivity contribution >= 4 is 85.4 Å². The third-order valence-corrected chi connectivity index (χ3v) is 11.3. The lowest BCUT2D eigenvalue weighted by atomic mass is 9.83. The molecule has 8 nitrogen and oxygen atoms in total. The van der Waals surface area contributed by atoms with Gasteiger partial charge in [-0.15, -0.1) is 0 Å². The van der Waals surface area contributed by atoms with Crippen LogP contribution in [0.4, 0.5) is 17.1 Å². The molecular weight excluding hydrogens is 684 g/mol. The first kappa shape index (κ1) is 30.6. The average molecular weight is 712 g/mol. The fourth-order valence-corrected chi connectivity index (χ4v) is 8.98. The SMILES string of the molecule is CCN(CC)c1ccc([C@@H]2c3sc(=O)n(CC(=O)Nc4ccc(Cl)cc4)c3S[C@H]3C(=O)N(c4ccc(Br)cc4)C(=O)[C@@H]23)cc1. The molecule has 0 aliphatic carbocycles. The van der Waals surface area contributed by atoms with E-state index in [1.165, 1.54) is 21.2 Å². The van der Waals surface area contributed by atoms with Gasteiger partial charge in [-0.05, 0) is 80.1 Å². The first-order chi connectivity index (χ1) is 21.2. The maximum Gasteiger partial charge on any atom is 0.308 e. The van der Waals surface area contributed by atoms with E-state index in [0.717, 1.165) is 40.1 Å². The van der Waals surface area contributed by atoms with Gasteiger partial charge >= 0.3 is 4.87 Å². The molecule has 0 unspecified atom stereocenters. The summed E-state index contributed by atoms with van der Waals surface area (Å²) in [4.78, 5) is 58.4. The molecular formula is C32H28BrClN4O4S2. The molecule has 3 aromatic carbocycles. The normalized spacial score (nSPS) is 19.1. The highest BCUT2D eigenvalue weighted by molar-refractivity contribution is 9.10. The van der Waals surface area contributed by atoms with Crippen LogP contribution in [0.5, 0.6) is 0 Å². The highest BCUT2D eigenvalue weighted by Crippen LogP contribution is 2.54. The minimum atomic E-state index is -0.759. The number of nitrogens with one attached hydrogen (secondary N) is 1. The van der Waals surface area contributed by atoms with Crippen molar-refractivity contribution in [2.45, 2.75) is 36.6 Å². The third-order valence-electron chi connectivity index (χ3n) is 7.94. The second-order valence-electron chi connectivity index (χ2n) is 10.5. The number of thiazole rings is 1. The van der Waals surface area contributed by atoms with Crippen molar-refractivity contribution in [1.29, 1.82) is 0 Å². The van der Waals surface area contributed by atoms with E-state index in [1.807, 2.05) is 24.3 Å². The first-order valence-corrected chi connectivity index (χ1v) is 17.0. The number of aromatic nitrogens is 1. The highest BCUT2D eigenvalue weighted by Gasteiger charge is 2.56. The van der Waals surface area contributed by atoms with Crippen LogP contribution in [0.15, 0.2) is 87.1 Å². The molecule has 1 aromatic heterocycles. The Morgan fingerprint density at radius 3 is 2.23 bits per heavy atom. The lowest BCUT2D eigenvalue weighted by Crippen LogP contribution is -2.33. The van der Waals surface area contributed by atoms with Gasteiger partial charge in [0, 0.05) is 44.8 Å². The Morgan fingerprint density at radius 1 is 0.932 bits per heavy atom. The van der Waals surface area contributed by atoms with Crippen LogP contribution in [0.1, 0.15) is 30.2 Å². The van der Waals surface area contributed by atoms with E-state index < -0.39 is 17.1 Å². The monoisotopic (exact) mass is 710 g/mol. The van der Waals surface area contributed by atoms with Crippen LogP contribution in [0.3, 0.4) is 0 Å². The lowest BCUT2D eigenvalue weighted by molar-refractivity contribution is -0.122. The van der Waals surface area contributed by atoms with Crippen molar-refractivity contribution in [3.63, 3.8) is 0 Å². The van der Waals surface area contributed by atoms with Crippen LogP contribution in [-0.4, -0.2) is 40.6 Å². The molecule has 0 saturated carbocycles. The molecule has 0 radical (unpaired) electrons. The molecule has 0 spiro atoms. The van der Waals surface area contributed by atoms with Gasteiger partial charge in [0.15, 0.2) is 0 Å². The number of amides is 3. The molecule has 3 heterocycles. The van der Waals surface area contributed by atoms with Crippen molar-refractivity contribution in [1.82, 2.24) is 4.57 Å². The van der Waals surface area contributed by atoms with Gasteiger partial charge in [0.2, 0.25) is 17.7 Å². The van der Waals surface area contributed by atoms with E-state index in [1.54, 1.807) is 48.5 Å². The van der Waals surface area contributed by atoms with Gasteiger partial charge in [0.05, 0.1) is 16.6 Å². The number of fused-ring (bicyclic) bond motifs is 2. The number of anilines is 3. The Labute approximate surface area is 276 Å². The predicted octanol–water partition coefficient (Wildman–Crippen LogP) is 6.61. The van der Waals surface area contributed by atoms with Crippen LogP contribution in [0, 0.1) is 5.92 Å². The van der Waals surface area contributed by atoms with Gasteiger partial charge < -0.3 is 10.2 Å². The fraction of sp³-hybridized carbons (Fsp3) is 0.250. The van der Waals surface area contributed by atoms with Crippen molar-refractivity contribution in [2.75, 3.05) is 28.2 Å². The second kappa shape index (κ2) is 12.5. The van der Waals surface area contributed by atoms with E-state index in [4.69, 9.17) is 11.6 Å². The minimum absolute atomic E-state index is 0.232. The molecule has 1 fully saturated rings. The first-order valence-electron chi connectivity index (χ1n) is 14.1. The zero-order valence-electron chi connectivity index (χ0n) is 23.8. The van der Waals surface area contributed by atoms with Crippen LogP contribution in [0.2, 0.25) is 5.02 Å². The molecule has 2 aliphatic heterocycles. The third kappa shape index (κ3) is 5.62. The minimum Gasteiger partial charge on any atom is -0.372 e. The number of imide groups is 1. The van der Waals surface area contributed by atoms with Crippen molar-refractivity contribution < 1.29 is 14.4 Å². The maximum absolute atomic E-state index is 14.1. The van der Waals surface area contributed by atoms with E-state index in [9.17, 15) is 19.2 Å². The number of hydrogen-bond acceptors (Lipinski definition) is 7. The number of carbonyl (C=O) groups excluding carboxylic acids is 3. The van der Waals surface area contributed by atoms with Gasteiger partial charge in [-0.3, -0.25) is 23.7 Å². The Hall–Kier alpha value is -3.38. The molecule has 1 saturated heterocycles. The lowest BCUT2D eigenvalue weighted by Gasteiger charge is -2.31. The molecule has 226 valence electrons. The zero-order valence-corrected chi connectivity index (χ0v) is 27.8. The predicted molar refractivity (Wildman–Crippen MR) is 180 cm³/mol. The summed E-state index contributed by atoms with van der Waals surface area (Å²) in [6.45, 7) is 5.65. The summed E-state index contributed by atoms with van der Waals surface area (Å²) in [5, 5.41) is 3.14. The average Bonchev–Trinajstić information content (AvgIpc) is 3.46. The Morgan fingerprint density at radius 2 is 1.59 bits per heavy atom. The van der Waals surface area contributed by atoms with Gasteiger partial charge in [-0.25, -0.2) is 4.90 Å². The summed E-state index contributed by atoms with van der Waals surface area (Å²) in [5.74, 6) is -2.26. The largest absolute Gasteiger partial charge is 0.372 e. The van der Waals surface area contributed by atoms with Crippen LogP contribution < -0.4 is 20.0 Å². The maximum atomic E-state index is 14.1. The number of halogens is 2. The summed E-state index contributed by atoms with van der Waals surface area (Å²) in [7, 11) is 0. The fourth-order valence-electron chi connectivity index (χ4n) is 5.82. The van der Waals surface area contributed by atoms with Gasteiger partial charge in [0.1, 0.15) is 11.8 Å². The summed E-state index contributed by atoms with van der Waals surface area (Å²) in [5.41, 5.74) is 2.94. The van der Waals surface area contributed by atoms with Gasteiger partial charge in [-0.2, -0.15) is 0 Å². The molecule has 1 N–H and O–H groups in total.